The van der Waals surface area contributed by atoms with Crippen LogP contribution in [0.4, 0.5) is 0 Å². The van der Waals surface area contributed by atoms with Crippen molar-refractivity contribution in [3.8, 4) is 0 Å². The number of nitrogens with one attached hydrogen (secondary N) is 1. The van der Waals surface area contributed by atoms with Gasteiger partial charge >= 0.3 is 0 Å². The molecule has 0 aliphatic rings. The molecule has 2 unspecified atom stereocenters. The molecular weight excluding hydrogens is 242 g/mol. The first kappa shape index (κ1) is 15.4. The fraction of sp³-hybridized carbons (Fsp3) is 0.600. The Labute approximate surface area is 114 Å². The Morgan fingerprint density at radius 1 is 1.22 bits per heavy atom. The predicted octanol–water partition coefficient (Wildman–Crippen LogP) is 2.94. The molecule has 0 saturated heterocycles. The van der Waals surface area contributed by atoms with Crippen molar-refractivity contribution in [2.24, 2.45) is 0 Å². The Bertz CT molecular complexity index is 383. The lowest BCUT2D eigenvalue weighted by Gasteiger charge is -2.11. The second kappa shape index (κ2) is 7.70. The van der Waals surface area contributed by atoms with Crippen LogP contribution in [0.25, 0.3) is 0 Å². The van der Waals surface area contributed by atoms with E-state index in [1.807, 2.05) is 0 Å². The molecule has 2 atom stereocenters. The molecule has 18 heavy (non-hydrogen) atoms. The molecule has 0 heterocycles. The molecule has 0 bridgehead atoms. The minimum Gasteiger partial charge on any atom is -0.315 e. The molecule has 0 spiro atoms. The predicted molar refractivity (Wildman–Crippen MR) is 80.4 cm³/mol. The van der Waals surface area contributed by atoms with E-state index in [1.165, 1.54) is 16.7 Å². The topological polar surface area (TPSA) is 29.1 Å². The number of hydrogen-bond acceptors (Lipinski definition) is 2. The first-order valence-electron chi connectivity index (χ1n) is 6.66. The van der Waals surface area contributed by atoms with Crippen molar-refractivity contribution in [2.45, 2.75) is 45.9 Å². The minimum atomic E-state index is -0.752. The summed E-state index contributed by atoms with van der Waals surface area (Å²) in [5, 5.41) is 3.35. The van der Waals surface area contributed by atoms with E-state index >= 15 is 0 Å². The molecule has 0 aromatic heterocycles. The lowest BCUT2D eigenvalue weighted by molar-refractivity contribution is 0.553. The van der Waals surface area contributed by atoms with E-state index in [2.05, 4.69) is 51.2 Å². The quantitative estimate of drug-likeness (QED) is 0.823. The summed E-state index contributed by atoms with van der Waals surface area (Å²) in [6, 6.07) is 6.88. The van der Waals surface area contributed by atoms with Crippen LogP contribution >= 0.6 is 0 Å². The molecule has 2 nitrogen and oxygen atoms in total. The molecule has 1 aromatic carbocycles. The monoisotopic (exact) mass is 267 g/mol. The smallest absolute Gasteiger partial charge is 0.0485 e. The molecule has 0 fully saturated rings. The van der Waals surface area contributed by atoms with E-state index in [-0.39, 0.29) is 0 Å². The lowest BCUT2D eigenvalue weighted by atomic mass is 10.1. The lowest BCUT2D eigenvalue weighted by Crippen LogP contribution is -2.27. The van der Waals surface area contributed by atoms with Crippen LogP contribution in [0.5, 0.6) is 0 Å². The molecule has 1 N–H and O–H groups in total. The van der Waals surface area contributed by atoms with E-state index in [9.17, 15) is 4.21 Å². The van der Waals surface area contributed by atoms with Gasteiger partial charge in [-0.2, -0.15) is 0 Å². The summed E-state index contributed by atoms with van der Waals surface area (Å²) in [7, 11) is -0.752. The molecule has 1 rings (SSSR count). The second-order valence-electron chi connectivity index (χ2n) is 5.03. The highest BCUT2D eigenvalue weighted by molar-refractivity contribution is 7.84. The van der Waals surface area contributed by atoms with E-state index in [4.69, 9.17) is 0 Å². The zero-order valence-corrected chi connectivity index (χ0v) is 12.8. The van der Waals surface area contributed by atoms with Gasteiger partial charge in [-0.15, -0.1) is 0 Å². The van der Waals surface area contributed by atoms with Gasteiger partial charge in [0.15, 0.2) is 0 Å². The van der Waals surface area contributed by atoms with Crippen molar-refractivity contribution in [3.63, 3.8) is 0 Å². The maximum absolute atomic E-state index is 12.0. The Morgan fingerprint density at radius 3 is 2.39 bits per heavy atom. The Hall–Kier alpha value is -0.670. The fourth-order valence-electron chi connectivity index (χ4n) is 2.17. The summed E-state index contributed by atoms with van der Waals surface area (Å²) >= 11 is 0. The van der Waals surface area contributed by atoms with Crippen molar-refractivity contribution in [3.05, 3.63) is 34.9 Å². The number of aryl methyl sites for hydroxylation is 2. The van der Waals surface area contributed by atoms with Gasteiger partial charge in [-0.05, 0) is 39.3 Å². The third-order valence-electron chi connectivity index (χ3n) is 2.94. The van der Waals surface area contributed by atoms with Crippen molar-refractivity contribution in [1.82, 2.24) is 5.32 Å². The molecule has 0 aliphatic carbocycles. The van der Waals surface area contributed by atoms with Crippen LogP contribution < -0.4 is 5.32 Å². The number of benzene rings is 1. The number of hydrogen-bond donors (Lipinski definition) is 1. The third kappa shape index (κ3) is 5.78. The van der Waals surface area contributed by atoms with Crippen molar-refractivity contribution in [2.75, 3.05) is 12.3 Å². The zero-order valence-electron chi connectivity index (χ0n) is 12.0. The van der Waals surface area contributed by atoms with Crippen LogP contribution in [-0.2, 0) is 16.6 Å². The standard InChI is InChI=1S/C15H25NOS/c1-5-16-14(4)6-7-18(17)11-15-9-12(2)8-13(3)10-15/h8-10,14,16H,5-7,11H2,1-4H3. The normalized spacial score (nSPS) is 14.4. The Morgan fingerprint density at radius 2 is 1.83 bits per heavy atom. The molecule has 3 heteroatoms. The van der Waals surface area contributed by atoms with Crippen LogP contribution in [0, 0.1) is 13.8 Å². The van der Waals surface area contributed by atoms with Gasteiger partial charge in [-0.3, -0.25) is 4.21 Å². The van der Waals surface area contributed by atoms with Crippen LogP contribution in [0.1, 0.15) is 37.0 Å². The Balaban J connectivity index is 2.44. The van der Waals surface area contributed by atoms with Crippen LogP contribution in [-0.4, -0.2) is 22.5 Å². The van der Waals surface area contributed by atoms with Gasteiger partial charge in [0, 0.05) is 28.3 Å². The molecular formula is C15H25NOS. The highest BCUT2D eigenvalue weighted by atomic mass is 32.2. The summed E-state index contributed by atoms with van der Waals surface area (Å²) < 4.78 is 12.0. The second-order valence-corrected chi connectivity index (χ2v) is 6.61. The van der Waals surface area contributed by atoms with Crippen molar-refractivity contribution < 1.29 is 4.21 Å². The maximum Gasteiger partial charge on any atom is 0.0485 e. The van der Waals surface area contributed by atoms with Gasteiger partial charge < -0.3 is 5.32 Å². The number of rotatable bonds is 7. The third-order valence-corrected chi connectivity index (χ3v) is 4.29. The van der Waals surface area contributed by atoms with E-state index in [0.717, 1.165) is 18.7 Å². The van der Waals surface area contributed by atoms with Gasteiger partial charge in [-0.1, -0.05) is 36.2 Å². The summed E-state index contributed by atoms with van der Waals surface area (Å²) in [4.78, 5) is 0. The van der Waals surface area contributed by atoms with Gasteiger partial charge in [0.2, 0.25) is 0 Å². The van der Waals surface area contributed by atoms with Crippen LogP contribution in [0.15, 0.2) is 18.2 Å². The fourth-order valence-corrected chi connectivity index (χ4v) is 3.47. The van der Waals surface area contributed by atoms with Gasteiger partial charge in [0.1, 0.15) is 0 Å². The average Bonchev–Trinajstić information content (AvgIpc) is 2.25. The Kier molecular flexibility index (Phi) is 6.58. The molecule has 0 saturated carbocycles. The van der Waals surface area contributed by atoms with E-state index in [0.29, 0.717) is 11.8 Å². The van der Waals surface area contributed by atoms with Crippen molar-refractivity contribution >= 4 is 10.8 Å². The highest BCUT2D eigenvalue weighted by Crippen LogP contribution is 2.11. The molecule has 1 aromatic rings. The largest absolute Gasteiger partial charge is 0.315 e. The molecule has 0 aliphatic heterocycles. The van der Waals surface area contributed by atoms with Gasteiger partial charge in [-0.25, -0.2) is 0 Å². The summed E-state index contributed by atoms with van der Waals surface area (Å²) in [5.74, 6) is 1.46. The first-order valence-corrected chi connectivity index (χ1v) is 8.15. The van der Waals surface area contributed by atoms with E-state index in [1.54, 1.807) is 0 Å². The zero-order chi connectivity index (χ0) is 13.5. The maximum atomic E-state index is 12.0. The highest BCUT2D eigenvalue weighted by Gasteiger charge is 2.06. The van der Waals surface area contributed by atoms with Crippen molar-refractivity contribution in [1.29, 1.82) is 0 Å². The van der Waals surface area contributed by atoms with Gasteiger partial charge in [0.25, 0.3) is 0 Å². The first-order chi connectivity index (χ1) is 8.51. The summed E-state index contributed by atoms with van der Waals surface area (Å²) in [6.45, 7) is 9.41. The SMILES string of the molecule is CCNC(C)CCS(=O)Cc1cc(C)cc(C)c1. The average molecular weight is 267 g/mol. The van der Waals surface area contributed by atoms with Crippen LogP contribution in [0.3, 0.4) is 0 Å². The molecule has 102 valence electrons. The van der Waals surface area contributed by atoms with E-state index < -0.39 is 10.8 Å². The molecule has 0 amide bonds. The molecule has 0 radical (unpaired) electrons. The minimum absolute atomic E-state index is 0.457. The van der Waals surface area contributed by atoms with Gasteiger partial charge in [0.05, 0.1) is 0 Å². The summed E-state index contributed by atoms with van der Waals surface area (Å²) in [6.07, 6.45) is 0.977. The van der Waals surface area contributed by atoms with Crippen LogP contribution in [0.2, 0.25) is 0 Å². The summed E-state index contributed by atoms with van der Waals surface area (Å²) in [5.41, 5.74) is 3.70.